The van der Waals surface area contributed by atoms with Crippen molar-refractivity contribution < 1.29 is 19.8 Å². The summed E-state index contributed by atoms with van der Waals surface area (Å²) in [6.45, 7) is 4.51. The molecule has 0 bridgehead atoms. The maximum absolute atomic E-state index is 10.2. The van der Waals surface area contributed by atoms with Crippen LogP contribution in [0.3, 0.4) is 0 Å². The summed E-state index contributed by atoms with van der Waals surface area (Å²) in [5.41, 5.74) is 0. The van der Waals surface area contributed by atoms with Crippen LogP contribution in [-0.4, -0.2) is 49.7 Å². The van der Waals surface area contributed by atoms with Gasteiger partial charge in [0.2, 0.25) is 0 Å². The fraction of sp³-hybridized carbons (Fsp3) is 0.833. The molecule has 0 aliphatic carbocycles. The van der Waals surface area contributed by atoms with Crippen molar-refractivity contribution in [3.8, 4) is 0 Å². The third-order valence-corrected chi connectivity index (χ3v) is 7.29. The van der Waals surface area contributed by atoms with Gasteiger partial charge in [-0.05, 0) is 77.0 Å². The fourth-order valence-electron chi connectivity index (χ4n) is 4.68. The Bertz CT molecular complexity index is 524. The SMILES string of the molecule is CCCCCCCC/C=C/CCCCCCCC(=O)[O-].CCCCCCCC/C=C/CCCCCCCC(=O)[O-].[Ca+2]. The maximum atomic E-state index is 10.2. The summed E-state index contributed by atoms with van der Waals surface area (Å²) in [6.07, 6.45) is 41.8. The standard InChI is InChI=1S/2C18H34O2.Ca/c2*1-2-3-4-5-6-7-8-9-10-11-12-13-14-15-16-17-18(19)20;/h2*9-10H,2-8,11-17H2,1H3,(H,19,20);/q;;+2/p-2/b2*10-9+;. The minimum absolute atomic E-state index is 0. The van der Waals surface area contributed by atoms with Gasteiger partial charge in [-0.15, -0.1) is 0 Å². The molecule has 0 aliphatic rings. The number of aliphatic carboxylic acids is 2. The molecule has 0 aliphatic heterocycles. The van der Waals surface area contributed by atoms with E-state index in [-0.39, 0.29) is 50.6 Å². The summed E-state index contributed by atoms with van der Waals surface area (Å²) >= 11 is 0. The molecule has 0 aromatic heterocycles. The Hall–Kier alpha value is -0.320. The molecule has 0 amide bonds. The molecule has 0 N–H and O–H groups in total. The van der Waals surface area contributed by atoms with Gasteiger partial charge in [-0.2, -0.15) is 0 Å². The molecule has 0 spiro atoms. The van der Waals surface area contributed by atoms with Crippen LogP contribution in [-0.2, 0) is 9.59 Å². The molecule has 0 rings (SSSR count). The molecule has 4 nitrogen and oxygen atoms in total. The average molecular weight is 603 g/mol. The minimum Gasteiger partial charge on any atom is -0.550 e. The van der Waals surface area contributed by atoms with Gasteiger partial charge in [0.05, 0.1) is 0 Å². The van der Waals surface area contributed by atoms with Crippen molar-refractivity contribution in [3.05, 3.63) is 24.3 Å². The Kier molecular flexibility index (Phi) is 46.0. The number of hydrogen-bond acceptors (Lipinski definition) is 4. The van der Waals surface area contributed by atoms with E-state index in [1.807, 2.05) is 0 Å². The first-order valence-electron chi connectivity index (χ1n) is 17.2. The second-order valence-electron chi connectivity index (χ2n) is 11.4. The van der Waals surface area contributed by atoms with E-state index in [0.717, 1.165) is 38.5 Å². The van der Waals surface area contributed by atoms with Crippen LogP contribution in [0, 0.1) is 0 Å². The number of carbonyl (C=O) groups excluding carboxylic acids is 2. The van der Waals surface area contributed by atoms with Gasteiger partial charge in [0.15, 0.2) is 0 Å². The fourth-order valence-corrected chi connectivity index (χ4v) is 4.68. The zero-order valence-electron chi connectivity index (χ0n) is 27.4. The molecule has 5 heteroatoms. The smallest absolute Gasteiger partial charge is 0.550 e. The van der Waals surface area contributed by atoms with Crippen molar-refractivity contribution in [1.82, 2.24) is 0 Å². The van der Waals surface area contributed by atoms with Crippen molar-refractivity contribution in [1.29, 1.82) is 0 Å². The van der Waals surface area contributed by atoms with Crippen LogP contribution in [0.4, 0.5) is 0 Å². The first-order chi connectivity index (χ1) is 19.5. The predicted octanol–water partition coefficient (Wildman–Crippen LogP) is 9.17. The quantitative estimate of drug-likeness (QED) is 0.0466. The van der Waals surface area contributed by atoms with Gasteiger partial charge in [0.1, 0.15) is 0 Å². The summed E-state index contributed by atoms with van der Waals surface area (Å²) in [6, 6.07) is 0. The molecule has 0 heterocycles. The van der Waals surface area contributed by atoms with Crippen molar-refractivity contribution in [2.45, 2.75) is 194 Å². The van der Waals surface area contributed by atoms with E-state index >= 15 is 0 Å². The number of carbonyl (C=O) groups is 2. The Balaban J connectivity index is -0.000000688. The number of carboxylic acid groups (broad SMARTS) is 2. The first kappa shape index (κ1) is 45.1. The van der Waals surface area contributed by atoms with Crippen molar-refractivity contribution in [3.63, 3.8) is 0 Å². The average Bonchev–Trinajstić information content (AvgIpc) is 2.93. The summed E-state index contributed by atoms with van der Waals surface area (Å²) in [4.78, 5) is 20.4. The first-order valence-corrected chi connectivity index (χ1v) is 17.2. The summed E-state index contributed by atoms with van der Waals surface area (Å²) in [5.74, 6) is -1.83. The van der Waals surface area contributed by atoms with Crippen LogP contribution in [0.25, 0.3) is 0 Å². The van der Waals surface area contributed by atoms with E-state index < -0.39 is 11.9 Å². The van der Waals surface area contributed by atoms with Gasteiger partial charge >= 0.3 is 37.7 Å². The van der Waals surface area contributed by atoms with E-state index in [2.05, 4.69) is 38.2 Å². The number of hydrogen-bond donors (Lipinski definition) is 0. The number of carboxylic acids is 2. The summed E-state index contributed by atoms with van der Waals surface area (Å²) in [5, 5.41) is 20.4. The number of unbranched alkanes of at least 4 members (excludes halogenated alkanes) is 22. The Morgan fingerprint density at radius 1 is 0.390 bits per heavy atom. The van der Waals surface area contributed by atoms with Crippen LogP contribution in [0.5, 0.6) is 0 Å². The van der Waals surface area contributed by atoms with Crippen molar-refractivity contribution in [2.75, 3.05) is 0 Å². The van der Waals surface area contributed by atoms with Crippen LogP contribution in [0.1, 0.15) is 194 Å². The monoisotopic (exact) mass is 602 g/mol. The van der Waals surface area contributed by atoms with Gasteiger partial charge in [-0.3, -0.25) is 0 Å². The normalized spacial score (nSPS) is 11.0. The molecule has 0 aromatic carbocycles. The van der Waals surface area contributed by atoms with Crippen LogP contribution < -0.4 is 10.2 Å². The second-order valence-corrected chi connectivity index (χ2v) is 11.4. The van der Waals surface area contributed by atoms with E-state index in [9.17, 15) is 19.8 Å². The molecule has 0 fully saturated rings. The molecule has 236 valence electrons. The zero-order valence-corrected chi connectivity index (χ0v) is 29.7. The van der Waals surface area contributed by atoms with E-state index in [1.54, 1.807) is 0 Å². The molecule has 0 unspecified atom stereocenters. The minimum atomic E-state index is -0.914. The molecule has 0 radical (unpaired) electrons. The van der Waals surface area contributed by atoms with E-state index in [1.165, 1.54) is 128 Å². The second kappa shape index (κ2) is 41.8. The number of rotatable bonds is 30. The summed E-state index contributed by atoms with van der Waals surface area (Å²) < 4.78 is 0. The Labute approximate surface area is 285 Å². The van der Waals surface area contributed by atoms with Gasteiger partial charge in [0, 0.05) is 11.9 Å². The van der Waals surface area contributed by atoms with E-state index in [0.29, 0.717) is 0 Å². The number of allylic oxidation sites excluding steroid dienone is 4. The third kappa shape index (κ3) is 49.7. The molecule has 0 saturated heterocycles. The molecular weight excluding hydrogens is 536 g/mol. The van der Waals surface area contributed by atoms with Gasteiger partial charge in [-0.1, -0.05) is 141 Å². The molecule has 0 saturated carbocycles. The van der Waals surface area contributed by atoms with E-state index in [4.69, 9.17) is 0 Å². The third-order valence-electron chi connectivity index (χ3n) is 7.29. The largest absolute Gasteiger partial charge is 2.00 e. The van der Waals surface area contributed by atoms with Crippen molar-refractivity contribution in [2.24, 2.45) is 0 Å². The molecule has 41 heavy (non-hydrogen) atoms. The van der Waals surface area contributed by atoms with Gasteiger partial charge in [-0.25, -0.2) is 0 Å². The zero-order chi connectivity index (χ0) is 29.8. The molecular formula is C36H66CaO4. The van der Waals surface area contributed by atoms with Gasteiger partial charge in [0.25, 0.3) is 0 Å². The predicted molar refractivity (Wildman–Crippen MR) is 175 cm³/mol. The Morgan fingerprint density at radius 3 is 0.854 bits per heavy atom. The molecule has 0 atom stereocenters. The topological polar surface area (TPSA) is 80.3 Å². The van der Waals surface area contributed by atoms with Crippen LogP contribution in [0.2, 0.25) is 0 Å². The van der Waals surface area contributed by atoms with Crippen LogP contribution >= 0.6 is 0 Å². The summed E-state index contributed by atoms with van der Waals surface area (Å²) in [7, 11) is 0. The van der Waals surface area contributed by atoms with Crippen LogP contribution in [0.15, 0.2) is 24.3 Å². The maximum Gasteiger partial charge on any atom is 2.00 e. The van der Waals surface area contributed by atoms with Gasteiger partial charge < -0.3 is 19.8 Å². The van der Waals surface area contributed by atoms with Crippen molar-refractivity contribution >= 4 is 49.7 Å². The Morgan fingerprint density at radius 2 is 0.610 bits per heavy atom. The molecule has 0 aromatic rings.